The molecule has 1 fully saturated rings. The van der Waals surface area contributed by atoms with Crippen LogP contribution in [0.4, 0.5) is 0 Å². The summed E-state index contributed by atoms with van der Waals surface area (Å²) >= 11 is 5.23. The highest BCUT2D eigenvalue weighted by Gasteiger charge is 2.27. The van der Waals surface area contributed by atoms with Crippen LogP contribution in [0.1, 0.15) is 30.7 Å². The lowest BCUT2D eigenvalue weighted by atomic mass is 9.96. The molecule has 2 rings (SSSR count). The van der Waals surface area contributed by atoms with Crippen LogP contribution in [0.2, 0.25) is 0 Å². The van der Waals surface area contributed by atoms with Gasteiger partial charge in [0.1, 0.15) is 0 Å². The number of carboxylic acid groups (broad SMARTS) is 1. The fourth-order valence-corrected chi connectivity index (χ4v) is 3.78. The number of likely N-dealkylation sites (tertiary alicyclic amines) is 1. The third kappa shape index (κ3) is 3.09. The molecule has 0 spiro atoms. The molecule has 0 radical (unpaired) electrons. The molecule has 1 unspecified atom stereocenters. The normalized spacial score (nSPS) is 20.4. The zero-order valence-electron chi connectivity index (χ0n) is 9.73. The van der Waals surface area contributed by atoms with Crippen molar-refractivity contribution in [2.24, 2.45) is 5.92 Å². The highest BCUT2D eigenvalue weighted by Crippen LogP contribution is 2.32. The van der Waals surface area contributed by atoms with Gasteiger partial charge in [0.05, 0.1) is 9.70 Å². The van der Waals surface area contributed by atoms with Crippen molar-refractivity contribution in [2.75, 3.05) is 13.1 Å². The SMILES string of the molecule is CC(c1ccc(Br)s1)N1CCC(C(=O)O)CC1. The van der Waals surface area contributed by atoms with Crippen LogP contribution in [0, 0.1) is 5.92 Å². The minimum absolute atomic E-state index is 0.145. The third-order valence-corrected chi connectivity index (χ3v) is 5.23. The number of hydrogen-bond acceptors (Lipinski definition) is 3. The highest BCUT2D eigenvalue weighted by molar-refractivity contribution is 9.11. The van der Waals surface area contributed by atoms with E-state index in [4.69, 9.17) is 5.11 Å². The van der Waals surface area contributed by atoms with Crippen molar-refractivity contribution in [1.29, 1.82) is 0 Å². The summed E-state index contributed by atoms with van der Waals surface area (Å²) in [6.45, 7) is 3.96. The van der Waals surface area contributed by atoms with Crippen LogP contribution in [0.15, 0.2) is 15.9 Å². The molecule has 0 amide bonds. The molecule has 17 heavy (non-hydrogen) atoms. The molecule has 0 aromatic carbocycles. The van der Waals surface area contributed by atoms with Gasteiger partial charge in [0.25, 0.3) is 0 Å². The summed E-state index contributed by atoms with van der Waals surface area (Å²) in [6.07, 6.45) is 1.54. The van der Waals surface area contributed by atoms with E-state index in [1.165, 1.54) is 4.88 Å². The van der Waals surface area contributed by atoms with Gasteiger partial charge in [0, 0.05) is 10.9 Å². The van der Waals surface area contributed by atoms with Crippen molar-refractivity contribution >= 4 is 33.2 Å². The summed E-state index contributed by atoms with van der Waals surface area (Å²) in [7, 11) is 0. The third-order valence-electron chi connectivity index (χ3n) is 3.43. The van der Waals surface area contributed by atoms with Crippen LogP contribution in [0.25, 0.3) is 0 Å². The first-order chi connectivity index (χ1) is 8.08. The summed E-state index contributed by atoms with van der Waals surface area (Å²) < 4.78 is 1.15. The average Bonchev–Trinajstić information content (AvgIpc) is 2.75. The molecule has 1 aliphatic rings. The lowest BCUT2D eigenvalue weighted by Crippen LogP contribution is -2.37. The molecule has 0 saturated carbocycles. The number of piperidine rings is 1. The van der Waals surface area contributed by atoms with Crippen molar-refractivity contribution < 1.29 is 9.90 Å². The Hall–Kier alpha value is -0.390. The second-order valence-electron chi connectivity index (χ2n) is 4.47. The zero-order chi connectivity index (χ0) is 12.4. The van der Waals surface area contributed by atoms with Crippen LogP contribution in [-0.4, -0.2) is 29.1 Å². The number of halogens is 1. The Morgan fingerprint density at radius 1 is 1.53 bits per heavy atom. The molecular formula is C12H16BrNO2S. The Labute approximate surface area is 114 Å². The molecule has 1 N–H and O–H groups in total. The molecule has 0 bridgehead atoms. The number of nitrogens with zero attached hydrogens (tertiary/aromatic N) is 1. The lowest BCUT2D eigenvalue weighted by Gasteiger charge is -2.34. The Bertz CT molecular complexity index is 399. The van der Waals surface area contributed by atoms with Gasteiger partial charge >= 0.3 is 5.97 Å². The maximum atomic E-state index is 10.9. The van der Waals surface area contributed by atoms with E-state index in [9.17, 15) is 4.79 Å². The van der Waals surface area contributed by atoms with Crippen molar-refractivity contribution in [3.63, 3.8) is 0 Å². The smallest absolute Gasteiger partial charge is 0.306 e. The van der Waals surface area contributed by atoms with Crippen LogP contribution in [0.5, 0.6) is 0 Å². The fraction of sp³-hybridized carbons (Fsp3) is 0.583. The van der Waals surface area contributed by atoms with Crippen LogP contribution >= 0.6 is 27.3 Å². The lowest BCUT2D eigenvalue weighted by molar-refractivity contribution is -0.143. The van der Waals surface area contributed by atoms with Crippen molar-refractivity contribution in [2.45, 2.75) is 25.8 Å². The summed E-state index contributed by atoms with van der Waals surface area (Å²) in [5, 5.41) is 8.96. The van der Waals surface area contributed by atoms with Crippen molar-refractivity contribution in [1.82, 2.24) is 4.90 Å². The zero-order valence-corrected chi connectivity index (χ0v) is 12.1. The maximum absolute atomic E-state index is 10.9. The first-order valence-electron chi connectivity index (χ1n) is 5.80. The van der Waals surface area contributed by atoms with Gasteiger partial charge in [-0.2, -0.15) is 0 Å². The largest absolute Gasteiger partial charge is 0.481 e. The van der Waals surface area contributed by atoms with Crippen LogP contribution < -0.4 is 0 Å². The molecule has 1 atom stereocenters. The molecule has 2 heterocycles. The van der Waals surface area contributed by atoms with Gasteiger partial charge in [-0.05, 0) is 60.9 Å². The summed E-state index contributed by atoms with van der Waals surface area (Å²) in [5.74, 6) is -0.787. The Morgan fingerprint density at radius 2 is 2.18 bits per heavy atom. The summed E-state index contributed by atoms with van der Waals surface area (Å²) in [4.78, 5) is 14.6. The Balaban J connectivity index is 1.94. The minimum Gasteiger partial charge on any atom is -0.481 e. The van der Waals surface area contributed by atoms with Gasteiger partial charge in [0.15, 0.2) is 0 Å². The topological polar surface area (TPSA) is 40.5 Å². The van der Waals surface area contributed by atoms with Gasteiger partial charge < -0.3 is 5.11 Å². The van der Waals surface area contributed by atoms with Crippen LogP contribution in [-0.2, 0) is 4.79 Å². The number of carboxylic acids is 1. The Kier molecular flexibility index (Phi) is 4.22. The monoisotopic (exact) mass is 317 g/mol. The number of thiophene rings is 1. The predicted molar refractivity (Wildman–Crippen MR) is 72.4 cm³/mol. The van der Waals surface area contributed by atoms with Crippen LogP contribution in [0.3, 0.4) is 0 Å². The van der Waals surface area contributed by atoms with E-state index in [-0.39, 0.29) is 5.92 Å². The molecular weight excluding hydrogens is 302 g/mol. The molecule has 1 aromatic rings. The van der Waals surface area contributed by atoms with E-state index in [1.807, 2.05) is 0 Å². The molecule has 3 nitrogen and oxygen atoms in total. The fourth-order valence-electron chi connectivity index (χ4n) is 2.27. The number of carbonyl (C=O) groups is 1. The molecule has 1 aliphatic heterocycles. The molecule has 1 saturated heterocycles. The molecule has 0 aliphatic carbocycles. The second-order valence-corrected chi connectivity index (χ2v) is 6.96. The van der Waals surface area contributed by atoms with Gasteiger partial charge in [-0.15, -0.1) is 11.3 Å². The van der Waals surface area contributed by atoms with E-state index in [2.05, 4.69) is 39.9 Å². The first-order valence-corrected chi connectivity index (χ1v) is 7.41. The van der Waals surface area contributed by atoms with Crippen molar-refractivity contribution in [3.8, 4) is 0 Å². The summed E-state index contributed by atoms with van der Waals surface area (Å²) in [6, 6.07) is 4.60. The highest BCUT2D eigenvalue weighted by atomic mass is 79.9. The van der Waals surface area contributed by atoms with E-state index in [1.54, 1.807) is 11.3 Å². The van der Waals surface area contributed by atoms with Gasteiger partial charge in [-0.1, -0.05) is 0 Å². The number of hydrogen-bond donors (Lipinski definition) is 1. The molecule has 1 aromatic heterocycles. The van der Waals surface area contributed by atoms with E-state index < -0.39 is 5.97 Å². The quantitative estimate of drug-likeness (QED) is 0.929. The van der Waals surface area contributed by atoms with E-state index >= 15 is 0 Å². The second kappa shape index (κ2) is 5.50. The average molecular weight is 318 g/mol. The van der Waals surface area contributed by atoms with Gasteiger partial charge in [0.2, 0.25) is 0 Å². The van der Waals surface area contributed by atoms with Crippen molar-refractivity contribution in [3.05, 3.63) is 20.8 Å². The standard InChI is InChI=1S/C12H16BrNO2S/c1-8(10-2-3-11(13)17-10)14-6-4-9(5-7-14)12(15)16/h2-3,8-9H,4-7H2,1H3,(H,15,16). The number of aliphatic carboxylic acids is 1. The first kappa shape index (κ1) is 13.1. The van der Waals surface area contributed by atoms with E-state index in [0.717, 1.165) is 29.7 Å². The molecule has 5 heteroatoms. The van der Waals surface area contributed by atoms with Gasteiger partial charge in [-0.3, -0.25) is 9.69 Å². The maximum Gasteiger partial charge on any atom is 0.306 e. The Morgan fingerprint density at radius 3 is 2.65 bits per heavy atom. The summed E-state index contributed by atoms with van der Waals surface area (Å²) in [5.41, 5.74) is 0. The molecule has 94 valence electrons. The van der Waals surface area contributed by atoms with Gasteiger partial charge in [-0.25, -0.2) is 0 Å². The minimum atomic E-state index is -0.642. The van der Waals surface area contributed by atoms with E-state index in [0.29, 0.717) is 6.04 Å². The number of rotatable bonds is 3. The predicted octanol–water partition coefficient (Wildman–Crippen LogP) is 3.37.